The molecular weight excluding hydrogens is 763 g/mol. The predicted molar refractivity (Wildman–Crippen MR) is 213 cm³/mol. The molecule has 1 fully saturated rings. The van der Waals surface area contributed by atoms with Gasteiger partial charge in [0.1, 0.15) is 29.7 Å². The van der Waals surface area contributed by atoms with Gasteiger partial charge in [-0.25, -0.2) is 0 Å². The first kappa shape index (κ1) is 37.3. The summed E-state index contributed by atoms with van der Waals surface area (Å²) < 4.78 is 36.6. The van der Waals surface area contributed by atoms with Crippen LogP contribution in [0.1, 0.15) is 68.9 Å². The summed E-state index contributed by atoms with van der Waals surface area (Å²) in [7, 11) is 5.21. The topological polar surface area (TPSA) is 168 Å². The number of carbonyl (C=O) groups excluding carboxylic acids is 2. The molecule has 0 radical (unpaired) electrons. The SMILES string of the molecule is COc1ccc2[nH]c3c(c2c1)CCN[C@]31CS[C@@H]2c3c(OC(C)=O)c(C)c4c(c3[C@H](COCC1=O)N1C2[C@@H]2c3c(cc(C)c(OC)c3O)C[C@H]([C@@H]1C#N)N2C)OCO4. The van der Waals surface area contributed by atoms with E-state index in [1.165, 1.54) is 6.92 Å². The molecular formula is C43H45N5O9S. The third kappa shape index (κ3) is 5.05. The Kier molecular flexibility index (Phi) is 8.70. The largest absolute Gasteiger partial charge is 0.504 e. The lowest BCUT2D eigenvalue weighted by atomic mass is 9.71. The number of aromatic hydroxyl groups is 1. The van der Waals surface area contributed by atoms with Gasteiger partial charge in [-0.2, -0.15) is 5.26 Å². The third-order valence-electron chi connectivity index (χ3n) is 13.4. The molecule has 0 amide bonds. The van der Waals surface area contributed by atoms with Gasteiger partial charge in [0, 0.05) is 70.2 Å². The Labute approximate surface area is 339 Å². The van der Waals surface area contributed by atoms with Crippen LogP contribution in [0.3, 0.4) is 0 Å². The Morgan fingerprint density at radius 3 is 2.67 bits per heavy atom. The van der Waals surface area contributed by atoms with E-state index in [1.54, 1.807) is 26.0 Å². The normalized spacial score (nSPS) is 28.5. The number of thioether (sulfide) groups is 1. The van der Waals surface area contributed by atoms with Crippen LogP contribution in [0.15, 0.2) is 24.3 Å². The molecule has 1 saturated heterocycles. The first-order valence-corrected chi connectivity index (χ1v) is 20.7. The number of fused-ring (bicyclic) bond motifs is 13. The standard InChI is InChI=1S/C43H45N5O9S/c1-19-11-22-12-27-28(14-44)48-29-15-54-16-30(50)43(42-24(9-10-45-43)25-13-23(52-5)7-8-26(25)46-42)17-58-41(35(48)34(47(27)4)31(22)36(51)37(19)53-6)33-32(29)40-39(55-18-56-40)20(2)38(33)57-21(3)49/h7-8,11,13,27-29,34-35,41,45-46,51H,9-10,12,15-18H2,1-6H3/t27-,28+,29+,34+,35?,41-,43+/m1/s1. The summed E-state index contributed by atoms with van der Waals surface area (Å²) in [6.45, 7) is 5.49. The number of H-pyrrole nitrogens is 1. The number of esters is 1. The molecule has 7 heterocycles. The smallest absolute Gasteiger partial charge is 0.308 e. The zero-order valence-corrected chi connectivity index (χ0v) is 34.0. The summed E-state index contributed by atoms with van der Waals surface area (Å²) in [5, 5.41) is 27.5. The van der Waals surface area contributed by atoms with Crippen molar-refractivity contribution in [2.45, 2.75) is 74.6 Å². The van der Waals surface area contributed by atoms with E-state index in [4.69, 9.17) is 28.4 Å². The van der Waals surface area contributed by atoms with Crippen LogP contribution in [0.25, 0.3) is 10.9 Å². The van der Waals surface area contributed by atoms with E-state index in [0.717, 1.165) is 55.7 Å². The highest BCUT2D eigenvalue weighted by molar-refractivity contribution is 7.99. The van der Waals surface area contributed by atoms with Gasteiger partial charge >= 0.3 is 5.97 Å². The van der Waals surface area contributed by atoms with Crippen LogP contribution in [0.2, 0.25) is 0 Å². The molecule has 6 aliphatic rings. The number of likely N-dealkylation sites (N-methyl/N-ethyl adjacent to an activating group) is 1. The molecule has 6 aliphatic heterocycles. The van der Waals surface area contributed by atoms with Crippen molar-refractivity contribution in [2.24, 2.45) is 0 Å². The summed E-state index contributed by atoms with van der Waals surface area (Å²) >= 11 is 1.57. The molecule has 10 rings (SSSR count). The van der Waals surface area contributed by atoms with E-state index in [2.05, 4.69) is 32.2 Å². The fourth-order valence-electron chi connectivity index (χ4n) is 10.9. The van der Waals surface area contributed by atoms with Crippen molar-refractivity contribution in [2.75, 3.05) is 53.6 Å². The molecule has 1 spiro atoms. The maximum Gasteiger partial charge on any atom is 0.308 e. The predicted octanol–water partition coefficient (Wildman–Crippen LogP) is 4.81. The zero-order chi connectivity index (χ0) is 40.4. The van der Waals surface area contributed by atoms with Crippen LogP contribution in [-0.4, -0.2) is 103 Å². The van der Waals surface area contributed by atoms with Gasteiger partial charge in [0.2, 0.25) is 6.79 Å². The maximum absolute atomic E-state index is 14.9. The van der Waals surface area contributed by atoms with E-state index in [1.807, 2.05) is 39.1 Å². The van der Waals surface area contributed by atoms with Gasteiger partial charge in [-0.3, -0.25) is 24.7 Å². The number of aromatic nitrogens is 1. The minimum atomic E-state index is -1.20. The molecule has 7 atom stereocenters. The Bertz CT molecular complexity index is 2480. The van der Waals surface area contributed by atoms with Crippen molar-refractivity contribution in [3.05, 3.63) is 68.9 Å². The summed E-state index contributed by atoms with van der Waals surface area (Å²) in [6, 6.07) is 8.16. The zero-order valence-electron chi connectivity index (χ0n) is 33.2. The van der Waals surface area contributed by atoms with Gasteiger partial charge in [-0.05, 0) is 68.6 Å². The second-order valence-corrected chi connectivity index (χ2v) is 17.3. The monoisotopic (exact) mass is 807 g/mol. The summed E-state index contributed by atoms with van der Waals surface area (Å²) in [5.41, 5.74) is 6.08. The van der Waals surface area contributed by atoms with Gasteiger partial charge in [0.05, 0.1) is 44.2 Å². The average molecular weight is 808 g/mol. The fraction of sp³-hybridized carbons (Fsp3) is 0.465. The highest BCUT2D eigenvalue weighted by atomic mass is 32.2. The Morgan fingerprint density at radius 1 is 1.10 bits per heavy atom. The van der Waals surface area contributed by atoms with Crippen LogP contribution in [0.5, 0.6) is 34.5 Å². The van der Waals surface area contributed by atoms with E-state index in [0.29, 0.717) is 47.9 Å². The Balaban J connectivity index is 1.25. The number of hydrogen-bond donors (Lipinski definition) is 3. The highest BCUT2D eigenvalue weighted by Gasteiger charge is 2.61. The van der Waals surface area contributed by atoms with Crippen LogP contribution in [-0.2, 0) is 32.7 Å². The van der Waals surface area contributed by atoms with E-state index in [9.17, 15) is 20.0 Å². The molecule has 4 bridgehead atoms. The summed E-state index contributed by atoms with van der Waals surface area (Å²) in [4.78, 5) is 36.1. The van der Waals surface area contributed by atoms with Gasteiger partial charge in [-0.15, -0.1) is 11.8 Å². The van der Waals surface area contributed by atoms with Crippen LogP contribution in [0, 0.1) is 25.2 Å². The van der Waals surface area contributed by atoms with Crippen molar-refractivity contribution < 1.29 is 43.1 Å². The number of Topliss-reactive ketones (excluding diaryl/α,β-unsaturated/α-hetero) is 1. The molecule has 3 N–H and O–H groups in total. The number of ketones is 1. The lowest BCUT2D eigenvalue weighted by molar-refractivity contribution is -0.133. The summed E-state index contributed by atoms with van der Waals surface area (Å²) in [5.74, 6) is 2.18. The second kappa shape index (κ2) is 13.5. The first-order valence-electron chi connectivity index (χ1n) is 19.6. The van der Waals surface area contributed by atoms with Gasteiger partial charge in [-0.1, -0.05) is 6.07 Å². The lowest BCUT2D eigenvalue weighted by Gasteiger charge is -2.61. The molecule has 302 valence electrons. The van der Waals surface area contributed by atoms with Crippen LogP contribution < -0.4 is 29.0 Å². The maximum atomic E-state index is 14.9. The molecule has 0 saturated carbocycles. The number of hydrogen-bond acceptors (Lipinski definition) is 14. The van der Waals surface area contributed by atoms with Crippen LogP contribution in [0.4, 0.5) is 0 Å². The lowest BCUT2D eigenvalue weighted by Crippen LogP contribution is -2.69. The quantitative estimate of drug-likeness (QED) is 0.191. The summed E-state index contributed by atoms with van der Waals surface area (Å²) in [6.07, 6.45) is 1.21. The Hall–Kier alpha value is -4.98. The number of rotatable bonds is 3. The van der Waals surface area contributed by atoms with Crippen molar-refractivity contribution in [3.63, 3.8) is 0 Å². The number of nitrogens with zero attached hydrogens (tertiary/aromatic N) is 3. The number of nitrogens with one attached hydrogen (secondary N) is 2. The number of methoxy groups -OCH3 is 2. The molecule has 1 unspecified atom stereocenters. The number of carbonyl (C=O) groups is 2. The van der Waals surface area contributed by atoms with E-state index < -0.39 is 40.9 Å². The molecule has 1 aromatic heterocycles. The third-order valence-corrected chi connectivity index (χ3v) is 14.8. The molecule has 15 heteroatoms. The van der Waals surface area contributed by atoms with Crippen LogP contribution >= 0.6 is 11.8 Å². The molecule has 4 aromatic rings. The Morgan fingerprint density at radius 2 is 1.91 bits per heavy atom. The number of nitriles is 1. The number of phenols is 1. The minimum Gasteiger partial charge on any atom is -0.504 e. The van der Waals surface area contributed by atoms with Crippen molar-refractivity contribution in [3.8, 4) is 40.6 Å². The van der Waals surface area contributed by atoms with E-state index >= 15 is 0 Å². The van der Waals surface area contributed by atoms with Gasteiger partial charge in [0.15, 0.2) is 28.8 Å². The van der Waals surface area contributed by atoms with Gasteiger partial charge < -0.3 is 38.5 Å². The van der Waals surface area contributed by atoms with E-state index in [-0.39, 0.29) is 43.3 Å². The average Bonchev–Trinajstić information content (AvgIpc) is 3.84. The fourth-order valence-corrected chi connectivity index (χ4v) is 12.7. The highest BCUT2D eigenvalue weighted by Crippen LogP contribution is 2.64. The molecule has 3 aromatic carbocycles. The van der Waals surface area contributed by atoms with Gasteiger partial charge in [0.25, 0.3) is 0 Å². The number of aromatic amines is 1. The van der Waals surface area contributed by atoms with Crippen molar-refractivity contribution in [1.29, 1.82) is 5.26 Å². The number of piperazine rings is 1. The number of ether oxygens (including phenoxy) is 6. The van der Waals surface area contributed by atoms with Crippen molar-refractivity contribution >= 4 is 34.4 Å². The second-order valence-electron chi connectivity index (χ2n) is 16.1. The number of aryl methyl sites for hydroxylation is 1. The first-order chi connectivity index (χ1) is 28.0. The number of phenolic OH excluding ortho intramolecular Hbond substituents is 1. The molecule has 0 aliphatic carbocycles. The minimum absolute atomic E-state index is 0.0230. The van der Waals surface area contributed by atoms with Crippen molar-refractivity contribution in [1.82, 2.24) is 20.1 Å². The number of benzene rings is 3. The molecule has 58 heavy (non-hydrogen) atoms. The molecule has 14 nitrogen and oxygen atoms in total.